The summed E-state index contributed by atoms with van der Waals surface area (Å²) in [5.41, 5.74) is 2.46. The summed E-state index contributed by atoms with van der Waals surface area (Å²) >= 11 is 0. The van der Waals surface area contributed by atoms with E-state index in [0.29, 0.717) is 18.9 Å². The van der Waals surface area contributed by atoms with Gasteiger partial charge in [0.2, 0.25) is 5.91 Å². The third-order valence-corrected chi connectivity index (χ3v) is 4.32. The Kier molecular flexibility index (Phi) is 7.74. The van der Waals surface area contributed by atoms with Crippen LogP contribution >= 0.6 is 12.4 Å². The molecule has 0 radical (unpaired) electrons. The molecule has 1 amide bonds. The van der Waals surface area contributed by atoms with Crippen LogP contribution in [0, 0.1) is 0 Å². The van der Waals surface area contributed by atoms with Gasteiger partial charge in [0.05, 0.1) is 32.9 Å². The highest BCUT2D eigenvalue weighted by atomic mass is 35.5. The van der Waals surface area contributed by atoms with Crippen molar-refractivity contribution in [2.75, 3.05) is 19.0 Å². The first-order valence-electron chi connectivity index (χ1n) is 8.67. The summed E-state index contributed by atoms with van der Waals surface area (Å²) < 4.78 is 37.2. The Balaban J connectivity index is 0.00000280. The second kappa shape index (κ2) is 9.82. The number of benzene rings is 2. The van der Waals surface area contributed by atoms with Gasteiger partial charge in [-0.25, -0.2) is 8.78 Å². The van der Waals surface area contributed by atoms with E-state index in [4.69, 9.17) is 9.47 Å². The predicted octanol–water partition coefficient (Wildman–Crippen LogP) is 3.77. The quantitative estimate of drug-likeness (QED) is 0.726. The molecule has 1 atom stereocenters. The number of anilines is 1. The molecule has 2 N–H and O–H groups in total. The molecule has 0 spiro atoms. The van der Waals surface area contributed by atoms with E-state index in [9.17, 15) is 13.6 Å². The molecule has 0 aromatic heterocycles. The van der Waals surface area contributed by atoms with Gasteiger partial charge in [0, 0.05) is 12.1 Å². The molecule has 0 aliphatic carbocycles. The third kappa shape index (κ3) is 6.15. The molecule has 0 bridgehead atoms. The lowest BCUT2D eigenvalue weighted by atomic mass is 10.1. The molecule has 1 saturated heterocycles. The van der Waals surface area contributed by atoms with Gasteiger partial charge < -0.3 is 14.8 Å². The molecule has 0 saturated carbocycles. The summed E-state index contributed by atoms with van der Waals surface area (Å²) in [6.07, 6.45) is -0.483. The Morgan fingerprint density at radius 1 is 1.18 bits per heavy atom. The van der Waals surface area contributed by atoms with Gasteiger partial charge >= 0.3 is 0 Å². The van der Waals surface area contributed by atoms with Crippen molar-refractivity contribution < 1.29 is 23.0 Å². The maximum Gasteiger partial charge on any atom is 0.262 e. The van der Waals surface area contributed by atoms with Crippen molar-refractivity contribution in [3.8, 4) is 5.75 Å². The highest BCUT2D eigenvalue weighted by Crippen LogP contribution is 2.26. The monoisotopic (exact) mass is 412 g/mol. The summed E-state index contributed by atoms with van der Waals surface area (Å²) in [4.78, 5) is 12.1. The fourth-order valence-corrected chi connectivity index (χ4v) is 2.88. The molecule has 1 aliphatic rings. The minimum absolute atomic E-state index is 0. The van der Waals surface area contributed by atoms with Crippen molar-refractivity contribution in [2.45, 2.75) is 31.6 Å². The summed E-state index contributed by atoms with van der Waals surface area (Å²) in [7, 11) is 1.62. The summed E-state index contributed by atoms with van der Waals surface area (Å²) in [6.45, 7) is 0.349. The number of rotatable bonds is 7. The lowest BCUT2D eigenvalue weighted by Crippen LogP contribution is -2.35. The smallest absolute Gasteiger partial charge is 0.262 e. The predicted molar refractivity (Wildman–Crippen MR) is 105 cm³/mol. The van der Waals surface area contributed by atoms with E-state index in [2.05, 4.69) is 10.6 Å². The largest absolute Gasteiger partial charge is 0.497 e. The van der Waals surface area contributed by atoms with Crippen LogP contribution in [-0.2, 0) is 22.7 Å². The van der Waals surface area contributed by atoms with Crippen molar-refractivity contribution >= 4 is 24.0 Å². The molecule has 5 nitrogen and oxygen atoms in total. The van der Waals surface area contributed by atoms with Crippen LogP contribution in [0.15, 0.2) is 48.5 Å². The number of nitrogens with one attached hydrogen (secondary N) is 2. The topological polar surface area (TPSA) is 59.6 Å². The zero-order valence-electron chi connectivity index (χ0n) is 15.4. The van der Waals surface area contributed by atoms with Gasteiger partial charge in [-0.05, 0) is 35.4 Å². The number of hydrogen-bond acceptors (Lipinski definition) is 4. The number of ether oxygens (including phenoxy) is 2. The van der Waals surface area contributed by atoms with Crippen molar-refractivity contribution in [3.05, 3.63) is 59.7 Å². The van der Waals surface area contributed by atoms with Gasteiger partial charge in [-0.3, -0.25) is 10.1 Å². The Morgan fingerprint density at radius 3 is 2.54 bits per heavy atom. The standard InChI is InChI=1S/C20H22F2N2O3.ClH/c1-26-17-7-5-14(6-8-17)11-27-12-15-3-2-4-16(9-15)24-19(25)18-10-20(21,22)13-23-18;/h2-9,18,23H,10-13H2,1H3,(H,24,25);1H. The van der Waals surface area contributed by atoms with E-state index < -0.39 is 30.8 Å². The lowest BCUT2D eigenvalue weighted by molar-refractivity contribution is -0.118. The Hall–Kier alpha value is -2.22. The lowest BCUT2D eigenvalue weighted by Gasteiger charge is -2.12. The van der Waals surface area contributed by atoms with Crippen molar-refractivity contribution in [1.29, 1.82) is 0 Å². The van der Waals surface area contributed by atoms with Gasteiger partial charge in [-0.2, -0.15) is 0 Å². The molecule has 1 heterocycles. The molecule has 1 aliphatic heterocycles. The van der Waals surface area contributed by atoms with E-state index in [1.54, 1.807) is 25.3 Å². The maximum absolute atomic E-state index is 13.2. The zero-order chi connectivity index (χ0) is 19.3. The number of halogens is 3. The number of carbonyl (C=O) groups excluding carboxylic acids is 1. The average molecular weight is 413 g/mol. The number of hydrogen-bond donors (Lipinski definition) is 2. The normalized spacial score (nSPS) is 17.6. The van der Waals surface area contributed by atoms with Gasteiger partial charge in [-0.15, -0.1) is 12.4 Å². The Morgan fingerprint density at radius 2 is 1.89 bits per heavy atom. The fraction of sp³-hybridized carbons (Fsp3) is 0.350. The van der Waals surface area contributed by atoms with Crippen LogP contribution in [0.3, 0.4) is 0 Å². The Bertz CT molecular complexity index is 787. The van der Waals surface area contributed by atoms with Crippen LogP contribution in [0.5, 0.6) is 5.75 Å². The van der Waals surface area contributed by atoms with Crippen LogP contribution < -0.4 is 15.4 Å². The molecule has 8 heteroatoms. The number of methoxy groups -OCH3 is 1. The van der Waals surface area contributed by atoms with Gasteiger partial charge in [0.15, 0.2) is 0 Å². The molecule has 1 fully saturated rings. The van der Waals surface area contributed by atoms with Crippen LogP contribution in [0.25, 0.3) is 0 Å². The molecule has 152 valence electrons. The number of alkyl halides is 2. The average Bonchev–Trinajstić information content (AvgIpc) is 3.03. The first kappa shape index (κ1) is 22.1. The van der Waals surface area contributed by atoms with Crippen LogP contribution in [0.4, 0.5) is 14.5 Å². The van der Waals surface area contributed by atoms with Crippen molar-refractivity contribution in [3.63, 3.8) is 0 Å². The van der Waals surface area contributed by atoms with Crippen LogP contribution in [0.2, 0.25) is 0 Å². The molecule has 28 heavy (non-hydrogen) atoms. The highest BCUT2D eigenvalue weighted by Gasteiger charge is 2.42. The number of amides is 1. The summed E-state index contributed by atoms with van der Waals surface area (Å²) in [5.74, 6) is -2.50. The molecule has 1 unspecified atom stereocenters. The first-order valence-corrected chi connectivity index (χ1v) is 8.67. The molecule has 2 aromatic rings. The van der Waals surface area contributed by atoms with Crippen LogP contribution in [0.1, 0.15) is 17.5 Å². The Labute approximate surface area is 168 Å². The van der Waals surface area contributed by atoms with Gasteiger partial charge in [-0.1, -0.05) is 24.3 Å². The second-order valence-electron chi connectivity index (χ2n) is 6.52. The van der Waals surface area contributed by atoms with E-state index in [-0.39, 0.29) is 12.4 Å². The van der Waals surface area contributed by atoms with E-state index >= 15 is 0 Å². The highest BCUT2D eigenvalue weighted by molar-refractivity contribution is 5.95. The fourth-order valence-electron chi connectivity index (χ4n) is 2.88. The van der Waals surface area contributed by atoms with E-state index in [0.717, 1.165) is 16.9 Å². The van der Waals surface area contributed by atoms with Gasteiger partial charge in [0.25, 0.3) is 5.92 Å². The van der Waals surface area contributed by atoms with Gasteiger partial charge in [0.1, 0.15) is 5.75 Å². The SMILES string of the molecule is COc1ccc(COCc2cccc(NC(=O)C3CC(F)(F)CN3)c2)cc1.Cl. The zero-order valence-corrected chi connectivity index (χ0v) is 16.2. The summed E-state index contributed by atoms with van der Waals surface area (Å²) in [6, 6.07) is 13.9. The van der Waals surface area contributed by atoms with E-state index in [1.807, 2.05) is 30.3 Å². The molecular weight excluding hydrogens is 390 g/mol. The van der Waals surface area contributed by atoms with Crippen molar-refractivity contribution in [2.24, 2.45) is 0 Å². The van der Waals surface area contributed by atoms with Crippen LogP contribution in [-0.4, -0.2) is 31.5 Å². The minimum atomic E-state index is -2.83. The first-order chi connectivity index (χ1) is 12.9. The summed E-state index contributed by atoms with van der Waals surface area (Å²) in [5, 5.41) is 5.23. The third-order valence-electron chi connectivity index (χ3n) is 4.32. The maximum atomic E-state index is 13.2. The van der Waals surface area contributed by atoms with E-state index in [1.165, 1.54) is 0 Å². The molecule has 3 rings (SSSR count). The van der Waals surface area contributed by atoms with Crippen molar-refractivity contribution in [1.82, 2.24) is 5.32 Å². The molecular formula is C20H23ClF2N2O3. The second-order valence-corrected chi connectivity index (χ2v) is 6.52. The minimum Gasteiger partial charge on any atom is -0.497 e. The molecule has 2 aromatic carbocycles. The number of carbonyl (C=O) groups is 1.